The number of nitrogens with zero attached hydrogens (tertiary/aromatic N) is 3. The van der Waals surface area contributed by atoms with Crippen LogP contribution in [0.4, 0.5) is 4.39 Å². The molecule has 0 aliphatic carbocycles. The SMILES string of the molecule is N#CCC(O)Cc1nc(-c2ccc(F)c(Br)c2)no1. The quantitative estimate of drug-likeness (QED) is 0.933. The summed E-state index contributed by atoms with van der Waals surface area (Å²) in [6.07, 6.45) is -0.721. The average Bonchev–Trinajstić information content (AvgIpc) is 2.81. The van der Waals surface area contributed by atoms with Gasteiger partial charge in [0.1, 0.15) is 5.82 Å². The van der Waals surface area contributed by atoms with E-state index in [1.54, 1.807) is 0 Å². The number of hydrogen-bond acceptors (Lipinski definition) is 5. The highest BCUT2D eigenvalue weighted by molar-refractivity contribution is 9.10. The molecule has 19 heavy (non-hydrogen) atoms. The van der Waals surface area contributed by atoms with E-state index in [2.05, 4.69) is 26.1 Å². The van der Waals surface area contributed by atoms with Crippen molar-refractivity contribution in [1.29, 1.82) is 5.26 Å². The second kappa shape index (κ2) is 5.91. The molecule has 0 saturated heterocycles. The molecule has 1 unspecified atom stereocenters. The number of rotatable bonds is 4. The molecule has 5 nitrogen and oxygen atoms in total. The molecule has 0 fully saturated rings. The molecule has 1 N–H and O–H groups in total. The first-order valence-electron chi connectivity index (χ1n) is 5.43. The van der Waals surface area contributed by atoms with Gasteiger partial charge in [-0.1, -0.05) is 5.16 Å². The van der Waals surface area contributed by atoms with E-state index in [9.17, 15) is 9.50 Å². The van der Waals surface area contributed by atoms with Crippen molar-refractivity contribution in [3.8, 4) is 17.5 Å². The molecular formula is C12H9BrFN3O2. The standard InChI is InChI=1S/C12H9BrFN3O2/c13-9-5-7(1-2-10(9)14)12-16-11(19-17-12)6-8(18)3-4-15/h1-2,5,8,18H,3,6H2. The van der Waals surface area contributed by atoms with Gasteiger partial charge in [-0.15, -0.1) is 0 Å². The third kappa shape index (κ3) is 3.36. The Kier molecular flexibility index (Phi) is 4.24. The van der Waals surface area contributed by atoms with Gasteiger partial charge < -0.3 is 9.63 Å². The van der Waals surface area contributed by atoms with Crippen LogP contribution in [-0.2, 0) is 6.42 Å². The fourth-order valence-electron chi connectivity index (χ4n) is 1.47. The minimum absolute atomic E-state index is 0.000189. The van der Waals surface area contributed by atoms with Crippen LogP contribution in [0.25, 0.3) is 11.4 Å². The Morgan fingerprint density at radius 3 is 3.00 bits per heavy atom. The second-order valence-corrected chi connectivity index (χ2v) is 4.72. The molecule has 0 radical (unpaired) electrons. The minimum atomic E-state index is -0.835. The number of nitriles is 1. The number of aliphatic hydroxyl groups excluding tert-OH is 1. The van der Waals surface area contributed by atoms with E-state index in [4.69, 9.17) is 9.78 Å². The lowest BCUT2D eigenvalue weighted by molar-refractivity contribution is 0.167. The summed E-state index contributed by atoms with van der Waals surface area (Å²) in [7, 11) is 0. The van der Waals surface area contributed by atoms with Crippen molar-refractivity contribution in [2.24, 2.45) is 0 Å². The number of halogens is 2. The van der Waals surface area contributed by atoms with Gasteiger partial charge in [-0.3, -0.25) is 0 Å². The maximum Gasteiger partial charge on any atom is 0.229 e. The predicted molar refractivity (Wildman–Crippen MR) is 67.3 cm³/mol. The molecule has 0 saturated carbocycles. The van der Waals surface area contributed by atoms with Crippen LogP contribution >= 0.6 is 15.9 Å². The molecule has 7 heteroatoms. The maximum atomic E-state index is 13.1. The molecule has 2 aromatic rings. The zero-order chi connectivity index (χ0) is 13.8. The third-order valence-electron chi connectivity index (χ3n) is 2.38. The molecular weight excluding hydrogens is 317 g/mol. The van der Waals surface area contributed by atoms with Crippen molar-refractivity contribution in [2.75, 3.05) is 0 Å². The topological polar surface area (TPSA) is 82.9 Å². The van der Waals surface area contributed by atoms with Crippen molar-refractivity contribution in [3.63, 3.8) is 0 Å². The first-order chi connectivity index (χ1) is 9.10. The van der Waals surface area contributed by atoms with E-state index in [0.29, 0.717) is 15.9 Å². The van der Waals surface area contributed by atoms with E-state index < -0.39 is 6.10 Å². The molecule has 1 atom stereocenters. The highest BCUT2D eigenvalue weighted by Crippen LogP contribution is 2.23. The second-order valence-electron chi connectivity index (χ2n) is 3.86. The maximum absolute atomic E-state index is 13.1. The van der Waals surface area contributed by atoms with Crippen LogP contribution in [0.2, 0.25) is 0 Å². The fraction of sp³-hybridized carbons (Fsp3) is 0.250. The van der Waals surface area contributed by atoms with Gasteiger partial charge in [-0.25, -0.2) is 4.39 Å². The van der Waals surface area contributed by atoms with Gasteiger partial charge in [-0.05, 0) is 34.1 Å². The third-order valence-corrected chi connectivity index (χ3v) is 2.99. The van der Waals surface area contributed by atoms with E-state index in [1.165, 1.54) is 18.2 Å². The van der Waals surface area contributed by atoms with Gasteiger partial charge in [0.05, 0.1) is 29.5 Å². The molecule has 1 aromatic carbocycles. The fourth-order valence-corrected chi connectivity index (χ4v) is 1.85. The molecule has 98 valence electrons. The van der Waals surface area contributed by atoms with E-state index >= 15 is 0 Å². The van der Waals surface area contributed by atoms with Crippen molar-refractivity contribution in [1.82, 2.24) is 10.1 Å². The van der Waals surface area contributed by atoms with Crippen LogP contribution in [0.15, 0.2) is 27.2 Å². The van der Waals surface area contributed by atoms with Crippen LogP contribution < -0.4 is 0 Å². The normalized spacial score (nSPS) is 12.1. The molecule has 1 heterocycles. The molecule has 1 aromatic heterocycles. The summed E-state index contributed by atoms with van der Waals surface area (Å²) in [5, 5.41) is 21.6. The summed E-state index contributed by atoms with van der Waals surface area (Å²) in [5.74, 6) is 0.162. The summed E-state index contributed by atoms with van der Waals surface area (Å²) in [4.78, 5) is 4.08. The number of aromatic nitrogens is 2. The Morgan fingerprint density at radius 1 is 1.53 bits per heavy atom. The number of aliphatic hydroxyl groups is 1. The highest BCUT2D eigenvalue weighted by atomic mass is 79.9. The van der Waals surface area contributed by atoms with E-state index in [0.717, 1.165) is 0 Å². The lowest BCUT2D eigenvalue weighted by atomic mass is 10.2. The van der Waals surface area contributed by atoms with Gasteiger partial charge in [-0.2, -0.15) is 10.2 Å². The van der Waals surface area contributed by atoms with Crippen LogP contribution in [0.5, 0.6) is 0 Å². The van der Waals surface area contributed by atoms with Gasteiger partial charge in [0.15, 0.2) is 0 Å². The molecule has 0 bridgehead atoms. The van der Waals surface area contributed by atoms with Gasteiger partial charge in [0.2, 0.25) is 11.7 Å². The van der Waals surface area contributed by atoms with E-state index in [1.807, 2.05) is 6.07 Å². The van der Waals surface area contributed by atoms with Crippen LogP contribution in [0.3, 0.4) is 0 Å². The summed E-state index contributed by atoms with van der Waals surface area (Å²) >= 11 is 3.07. The van der Waals surface area contributed by atoms with Crippen molar-refractivity contribution in [2.45, 2.75) is 18.9 Å². The van der Waals surface area contributed by atoms with E-state index in [-0.39, 0.29) is 24.5 Å². The summed E-state index contributed by atoms with van der Waals surface area (Å²) in [5.41, 5.74) is 0.595. The lowest BCUT2D eigenvalue weighted by Crippen LogP contribution is -2.09. The molecule has 0 aliphatic heterocycles. The predicted octanol–water partition coefficient (Wildman–Crippen LogP) is 2.46. The van der Waals surface area contributed by atoms with Crippen LogP contribution in [-0.4, -0.2) is 21.4 Å². The Hall–Kier alpha value is -1.78. The Labute approximate surface area is 116 Å². The van der Waals surface area contributed by atoms with Crippen molar-refractivity contribution in [3.05, 3.63) is 34.4 Å². The van der Waals surface area contributed by atoms with Gasteiger partial charge >= 0.3 is 0 Å². The van der Waals surface area contributed by atoms with Crippen LogP contribution in [0, 0.1) is 17.1 Å². The smallest absolute Gasteiger partial charge is 0.229 e. The summed E-state index contributed by atoms with van der Waals surface area (Å²) < 4.78 is 18.4. The Morgan fingerprint density at radius 2 is 2.32 bits per heavy atom. The Balaban J connectivity index is 2.16. The van der Waals surface area contributed by atoms with Gasteiger partial charge in [0.25, 0.3) is 0 Å². The summed E-state index contributed by atoms with van der Waals surface area (Å²) in [6, 6.07) is 6.21. The van der Waals surface area contributed by atoms with Crippen molar-refractivity contribution >= 4 is 15.9 Å². The lowest BCUT2D eigenvalue weighted by Gasteiger charge is -2.00. The molecule has 2 rings (SSSR count). The molecule has 0 aliphatic rings. The Bertz CT molecular complexity index is 624. The number of hydrogen-bond donors (Lipinski definition) is 1. The van der Waals surface area contributed by atoms with Gasteiger partial charge in [0, 0.05) is 5.56 Å². The molecule has 0 spiro atoms. The highest BCUT2D eigenvalue weighted by Gasteiger charge is 2.14. The minimum Gasteiger partial charge on any atom is -0.392 e. The first-order valence-corrected chi connectivity index (χ1v) is 6.22. The summed E-state index contributed by atoms with van der Waals surface area (Å²) in [6.45, 7) is 0. The molecule has 0 amide bonds. The van der Waals surface area contributed by atoms with Crippen molar-refractivity contribution < 1.29 is 14.0 Å². The monoisotopic (exact) mass is 325 g/mol. The zero-order valence-electron chi connectivity index (χ0n) is 9.68. The number of benzene rings is 1. The zero-order valence-corrected chi connectivity index (χ0v) is 11.3. The van der Waals surface area contributed by atoms with Crippen LogP contribution in [0.1, 0.15) is 12.3 Å². The average molecular weight is 326 g/mol. The first kappa shape index (κ1) is 13.6. The largest absolute Gasteiger partial charge is 0.392 e.